The molecule has 1 atom stereocenters. The maximum absolute atomic E-state index is 12.2. The second kappa shape index (κ2) is 9.17. The number of hydrogen-bond donors (Lipinski definition) is 5. The van der Waals surface area contributed by atoms with Gasteiger partial charge in [-0.15, -0.1) is 0 Å². The monoisotopic (exact) mass is 384 g/mol. The fraction of sp³-hybridized carbons (Fsp3) is 0.158. The largest absolute Gasteiger partial charge is 0.493 e. The van der Waals surface area contributed by atoms with Crippen LogP contribution in [0.1, 0.15) is 32.7 Å². The second-order valence-electron chi connectivity index (χ2n) is 5.88. The number of ether oxygens (including phenoxy) is 1. The summed E-state index contributed by atoms with van der Waals surface area (Å²) >= 11 is 0. The number of carboxylic acids is 1. The van der Waals surface area contributed by atoms with Gasteiger partial charge in [0.2, 0.25) is 5.91 Å². The summed E-state index contributed by atoms with van der Waals surface area (Å²) in [4.78, 5) is 34.7. The number of primary amides is 1. The molecule has 2 amide bonds. The summed E-state index contributed by atoms with van der Waals surface area (Å²) in [6.07, 6.45) is 0.0186. The molecule has 2 aromatic rings. The van der Waals surface area contributed by atoms with Crippen molar-refractivity contribution in [3.63, 3.8) is 0 Å². The third kappa shape index (κ3) is 5.56. The number of nitrogens with two attached hydrogens (primary N) is 2. The van der Waals surface area contributed by atoms with E-state index in [4.69, 9.17) is 21.6 Å². The Morgan fingerprint density at radius 2 is 1.68 bits per heavy atom. The minimum Gasteiger partial charge on any atom is -0.493 e. The molecule has 0 aliphatic heterocycles. The summed E-state index contributed by atoms with van der Waals surface area (Å²) in [5.41, 5.74) is 11.5. The molecule has 0 aliphatic carbocycles. The SMILES string of the molecule is N=C(N)c1cccc(OCC[C@H](NC(=O)c2ccc(C(N)=O)cc2)C(=O)O)c1. The molecule has 0 heterocycles. The molecule has 2 aromatic carbocycles. The molecule has 2 rings (SSSR count). The highest BCUT2D eigenvalue weighted by Crippen LogP contribution is 2.13. The maximum atomic E-state index is 12.2. The van der Waals surface area contributed by atoms with Crippen LogP contribution in [0.4, 0.5) is 0 Å². The molecule has 0 aliphatic rings. The lowest BCUT2D eigenvalue weighted by Gasteiger charge is -2.15. The second-order valence-corrected chi connectivity index (χ2v) is 5.88. The van der Waals surface area contributed by atoms with Gasteiger partial charge < -0.3 is 26.6 Å². The van der Waals surface area contributed by atoms with E-state index in [9.17, 15) is 19.5 Å². The topological polar surface area (TPSA) is 169 Å². The number of carbonyl (C=O) groups excluding carboxylic acids is 2. The maximum Gasteiger partial charge on any atom is 0.326 e. The number of carboxylic acid groups (broad SMARTS) is 1. The van der Waals surface area contributed by atoms with Crippen LogP contribution in [0, 0.1) is 5.41 Å². The third-order valence-corrected chi connectivity index (χ3v) is 3.86. The molecule has 0 saturated heterocycles. The lowest BCUT2D eigenvalue weighted by Crippen LogP contribution is -2.41. The van der Waals surface area contributed by atoms with E-state index in [1.165, 1.54) is 24.3 Å². The van der Waals surface area contributed by atoms with Crippen LogP contribution >= 0.6 is 0 Å². The van der Waals surface area contributed by atoms with E-state index < -0.39 is 23.8 Å². The molecule has 9 heteroatoms. The minimum absolute atomic E-state index is 0.0186. The van der Waals surface area contributed by atoms with Crippen molar-refractivity contribution in [2.24, 2.45) is 11.5 Å². The fourth-order valence-corrected chi connectivity index (χ4v) is 2.33. The first kappa shape index (κ1) is 20.4. The average Bonchev–Trinajstić information content (AvgIpc) is 2.67. The Bertz CT molecular complexity index is 895. The summed E-state index contributed by atoms with van der Waals surface area (Å²) in [7, 11) is 0. The lowest BCUT2D eigenvalue weighted by molar-refractivity contribution is -0.139. The number of carbonyl (C=O) groups is 3. The van der Waals surface area contributed by atoms with Crippen molar-refractivity contribution in [1.29, 1.82) is 5.41 Å². The summed E-state index contributed by atoms with van der Waals surface area (Å²) < 4.78 is 5.49. The highest BCUT2D eigenvalue weighted by molar-refractivity contribution is 5.98. The molecular formula is C19H20N4O5. The predicted octanol–water partition coefficient (Wildman–Crippen LogP) is 0.722. The smallest absolute Gasteiger partial charge is 0.326 e. The first-order valence-electron chi connectivity index (χ1n) is 8.28. The van der Waals surface area contributed by atoms with Gasteiger partial charge in [0.15, 0.2) is 0 Å². The molecule has 0 fully saturated rings. The molecule has 0 saturated carbocycles. The zero-order chi connectivity index (χ0) is 20.7. The van der Waals surface area contributed by atoms with Crippen molar-refractivity contribution in [3.8, 4) is 5.75 Å². The standard InChI is InChI=1S/C19H20N4O5/c20-16(21)13-2-1-3-14(10-13)28-9-8-15(19(26)27)23-18(25)12-6-4-11(5-7-12)17(22)24/h1-7,10,15H,8-9H2,(H3,20,21)(H2,22,24)(H,23,25)(H,26,27)/t15-/m0/s1. The average molecular weight is 384 g/mol. The highest BCUT2D eigenvalue weighted by Gasteiger charge is 2.21. The van der Waals surface area contributed by atoms with Crippen molar-refractivity contribution in [1.82, 2.24) is 5.32 Å². The molecule has 7 N–H and O–H groups in total. The zero-order valence-corrected chi connectivity index (χ0v) is 14.8. The van der Waals surface area contributed by atoms with E-state index in [2.05, 4.69) is 5.32 Å². The van der Waals surface area contributed by atoms with E-state index in [0.717, 1.165) is 0 Å². The number of rotatable bonds is 9. The summed E-state index contributed by atoms with van der Waals surface area (Å²) in [6.45, 7) is 0.0270. The quantitative estimate of drug-likeness (QED) is 0.315. The van der Waals surface area contributed by atoms with E-state index in [0.29, 0.717) is 11.3 Å². The van der Waals surface area contributed by atoms with Crippen LogP contribution in [-0.2, 0) is 4.79 Å². The van der Waals surface area contributed by atoms with Crippen LogP contribution in [0.5, 0.6) is 5.75 Å². The van der Waals surface area contributed by atoms with Gasteiger partial charge in [0.25, 0.3) is 5.91 Å². The zero-order valence-electron chi connectivity index (χ0n) is 14.8. The predicted molar refractivity (Wildman–Crippen MR) is 101 cm³/mol. The fourth-order valence-electron chi connectivity index (χ4n) is 2.33. The van der Waals surface area contributed by atoms with Crippen LogP contribution in [0.3, 0.4) is 0 Å². The molecule has 0 aromatic heterocycles. The van der Waals surface area contributed by atoms with Crippen LogP contribution in [0.2, 0.25) is 0 Å². The van der Waals surface area contributed by atoms with Crippen molar-refractivity contribution in [2.75, 3.05) is 6.61 Å². The van der Waals surface area contributed by atoms with Crippen LogP contribution in [0.15, 0.2) is 48.5 Å². The molecule has 0 radical (unpaired) electrons. The van der Waals surface area contributed by atoms with Crippen LogP contribution < -0.4 is 21.5 Å². The van der Waals surface area contributed by atoms with Crippen molar-refractivity contribution in [2.45, 2.75) is 12.5 Å². The molecule has 146 valence electrons. The Morgan fingerprint density at radius 3 is 2.25 bits per heavy atom. The third-order valence-electron chi connectivity index (χ3n) is 3.86. The Kier molecular flexibility index (Phi) is 6.69. The van der Waals surface area contributed by atoms with E-state index in [1.54, 1.807) is 24.3 Å². The van der Waals surface area contributed by atoms with E-state index >= 15 is 0 Å². The Hall–Kier alpha value is -3.88. The van der Waals surface area contributed by atoms with Crippen LogP contribution in [-0.4, -0.2) is 41.4 Å². The van der Waals surface area contributed by atoms with Crippen molar-refractivity contribution in [3.05, 3.63) is 65.2 Å². The molecule has 0 bridgehead atoms. The Labute approximate surface area is 160 Å². The summed E-state index contributed by atoms with van der Waals surface area (Å²) in [6, 6.07) is 10.9. The van der Waals surface area contributed by atoms with Gasteiger partial charge in [-0.25, -0.2) is 4.79 Å². The van der Waals surface area contributed by atoms with Crippen LogP contribution in [0.25, 0.3) is 0 Å². The van der Waals surface area contributed by atoms with Crippen molar-refractivity contribution >= 4 is 23.6 Å². The van der Waals surface area contributed by atoms with E-state index in [-0.39, 0.29) is 30.0 Å². The summed E-state index contributed by atoms with van der Waals surface area (Å²) in [5.74, 6) is -2.10. The molecule has 9 nitrogen and oxygen atoms in total. The number of amidine groups is 1. The highest BCUT2D eigenvalue weighted by atomic mass is 16.5. The van der Waals surface area contributed by atoms with Gasteiger partial charge in [0.05, 0.1) is 6.61 Å². The van der Waals surface area contributed by atoms with Gasteiger partial charge in [-0.05, 0) is 36.4 Å². The van der Waals surface area contributed by atoms with Gasteiger partial charge in [0, 0.05) is 23.1 Å². The van der Waals surface area contributed by atoms with Gasteiger partial charge in [-0.2, -0.15) is 0 Å². The lowest BCUT2D eigenvalue weighted by atomic mass is 10.1. The first-order chi connectivity index (χ1) is 13.3. The van der Waals surface area contributed by atoms with E-state index in [1.807, 2.05) is 0 Å². The minimum atomic E-state index is -1.21. The van der Waals surface area contributed by atoms with Gasteiger partial charge >= 0.3 is 5.97 Å². The molecule has 0 spiro atoms. The number of nitrogens with one attached hydrogen (secondary N) is 2. The number of aliphatic carboxylic acids is 1. The number of nitrogen functional groups attached to an aromatic ring is 1. The van der Waals surface area contributed by atoms with Gasteiger partial charge in [-0.3, -0.25) is 15.0 Å². The molecule has 28 heavy (non-hydrogen) atoms. The Balaban J connectivity index is 1.95. The van der Waals surface area contributed by atoms with Gasteiger partial charge in [-0.1, -0.05) is 12.1 Å². The van der Waals surface area contributed by atoms with Gasteiger partial charge in [0.1, 0.15) is 17.6 Å². The number of benzene rings is 2. The molecule has 0 unspecified atom stereocenters. The summed E-state index contributed by atoms with van der Waals surface area (Å²) in [5, 5.41) is 19.1. The number of amides is 2. The normalized spacial score (nSPS) is 11.3. The van der Waals surface area contributed by atoms with Crippen molar-refractivity contribution < 1.29 is 24.2 Å². The first-order valence-corrected chi connectivity index (χ1v) is 8.28. The number of hydrogen-bond acceptors (Lipinski definition) is 5. The molecular weight excluding hydrogens is 364 g/mol. The Morgan fingerprint density at radius 1 is 1.04 bits per heavy atom.